The highest BCUT2D eigenvalue weighted by Crippen LogP contribution is 2.25. The van der Waals surface area contributed by atoms with E-state index in [-0.39, 0.29) is 6.29 Å². The van der Waals surface area contributed by atoms with Crippen LogP contribution in [0.1, 0.15) is 0 Å². The third-order valence-electron chi connectivity index (χ3n) is 0.927. The summed E-state index contributed by atoms with van der Waals surface area (Å²) in [5.41, 5.74) is 0. The molecule has 1 aromatic heterocycles. The van der Waals surface area contributed by atoms with E-state index < -0.39 is 5.91 Å². The molecule has 0 atom stereocenters. The highest BCUT2D eigenvalue weighted by atomic mass is 35.5. The van der Waals surface area contributed by atoms with Gasteiger partial charge in [0.15, 0.2) is 0 Å². The van der Waals surface area contributed by atoms with Gasteiger partial charge in [-0.25, -0.2) is 0 Å². The molecule has 0 bridgehead atoms. The lowest BCUT2D eigenvalue weighted by molar-refractivity contribution is -0.127. The second kappa shape index (κ2) is 3.50. The van der Waals surface area contributed by atoms with Gasteiger partial charge in [-0.15, -0.1) is 11.3 Å². The first kappa shape index (κ1) is 8.23. The van der Waals surface area contributed by atoms with Gasteiger partial charge in [-0.3, -0.25) is 9.59 Å². The fraction of sp³-hybridized carbons (Fsp3) is 0. The smallest absolute Gasteiger partial charge is 0.289 e. The lowest BCUT2D eigenvalue weighted by Crippen LogP contribution is -2.10. The van der Waals surface area contributed by atoms with Gasteiger partial charge in [0, 0.05) is 0 Å². The van der Waals surface area contributed by atoms with Crippen LogP contribution in [0, 0.1) is 0 Å². The van der Waals surface area contributed by atoms with E-state index in [0.29, 0.717) is 9.34 Å². The molecule has 1 amide bonds. The summed E-state index contributed by atoms with van der Waals surface area (Å²) < 4.78 is 0.575. The topological polar surface area (TPSA) is 46.2 Å². The number of carbonyl (C=O) groups excluding carboxylic acids is 2. The first-order chi connectivity index (χ1) is 5.22. The number of aldehydes is 1. The summed E-state index contributed by atoms with van der Waals surface area (Å²) >= 11 is 6.77. The van der Waals surface area contributed by atoms with Crippen LogP contribution < -0.4 is 5.32 Å². The van der Waals surface area contributed by atoms with E-state index in [1.807, 2.05) is 0 Å². The average Bonchev–Trinajstić information content (AvgIpc) is 2.35. The van der Waals surface area contributed by atoms with Crippen LogP contribution in [0.3, 0.4) is 0 Å². The number of hydrogen-bond donors (Lipinski definition) is 1. The van der Waals surface area contributed by atoms with Crippen molar-refractivity contribution in [1.82, 2.24) is 0 Å². The summed E-state index contributed by atoms with van der Waals surface area (Å²) in [5, 5.41) is 2.92. The molecule has 0 saturated heterocycles. The first-order valence-corrected chi connectivity index (χ1v) is 3.93. The third kappa shape index (κ3) is 2.32. The largest absolute Gasteiger partial charge is 0.311 e. The zero-order valence-corrected chi connectivity index (χ0v) is 6.91. The summed E-state index contributed by atoms with van der Waals surface area (Å²) in [4.78, 5) is 20.4. The maximum Gasteiger partial charge on any atom is 0.289 e. The van der Waals surface area contributed by atoms with E-state index in [1.54, 1.807) is 12.1 Å². The number of amides is 1. The summed E-state index contributed by atoms with van der Waals surface area (Å²) in [6, 6.07) is 3.28. The fourth-order valence-corrected chi connectivity index (χ4v) is 1.48. The van der Waals surface area contributed by atoms with Crippen molar-refractivity contribution < 1.29 is 9.59 Å². The molecule has 0 aromatic carbocycles. The predicted octanol–water partition coefficient (Wildman–Crippen LogP) is 1.54. The van der Waals surface area contributed by atoms with Crippen LogP contribution >= 0.6 is 22.9 Å². The molecule has 0 aliphatic carbocycles. The van der Waals surface area contributed by atoms with Crippen molar-refractivity contribution in [2.75, 3.05) is 5.32 Å². The van der Waals surface area contributed by atoms with Crippen molar-refractivity contribution in [3.63, 3.8) is 0 Å². The Labute approximate surface area is 72.0 Å². The average molecular weight is 190 g/mol. The lowest BCUT2D eigenvalue weighted by atomic mass is 10.6. The van der Waals surface area contributed by atoms with Gasteiger partial charge in [-0.1, -0.05) is 11.6 Å². The lowest BCUT2D eigenvalue weighted by Gasteiger charge is -1.91. The van der Waals surface area contributed by atoms with Crippen LogP contribution in [0.5, 0.6) is 0 Å². The molecule has 0 fully saturated rings. The van der Waals surface area contributed by atoms with Crippen LogP contribution in [-0.2, 0) is 9.59 Å². The van der Waals surface area contributed by atoms with Crippen LogP contribution in [0.4, 0.5) is 5.00 Å². The van der Waals surface area contributed by atoms with E-state index in [1.165, 1.54) is 11.3 Å². The van der Waals surface area contributed by atoms with Crippen molar-refractivity contribution in [2.24, 2.45) is 0 Å². The molecule has 1 aromatic rings. The highest BCUT2D eigenvalue weighted by Gasteiger charge is 2.01. The maximum atomic E-state index is 10.5. The zero-order valence-electron chi connectivity index (χ0n) is 5.33. The van der Waals surface area contributed by atoms with Crippen molar-refractivity contribution in [3.8, 4) is 0 Å². The number of anilines is 1. The Morgan fingerprint density at radius 3 is 2.82 bits per heavy atom. The molecular formula is C6H4ClNO2S. The molecule has 58 valence electrons. The number of halogens is 1. The molecule has 0 spiro atoms. The number of carbonyl (C=O) groups is 2. The number of thiophene rings is 1. The highest BCUT2D eigenvalue weighted by molar-refractivity contribution is 7.20. The molecular weight excluding hydrogens is 186 g/mol. The summed E-state index contributed by atoms with van der Waals surface area (Å²) in [6.45, 7) is 0. The van der Waals surface area contributed by atoms with Crippen molar-refractivity contribution in [3.05, 3.63) is 16.5 Å². The molecule has 0 aliphatic rings. The summed E-state index contributed by atoms with van der Waals surface area (Å²) in [6.07, 6.45) is 0.216. The fourth-order valence-electron chi connectivity index (χ4n) is 0.532. The normalized spacial score (nSPS) is 9.18. The van der Waals surface area contributed by atoms with Gasteiger partial charge in [0.25, 0.3) is 5.91 Å². The number of hydrogen-bond acceptors (Lipinski definition) is 3. The van der Waals surface area contributed by atoms with E-state index >= 15 is 0 Å². The van der Waals surface area contributed by atoms with Crippen LogP contribution in [0.2, 0.25) is 4.34 Å². The minimum absolute atomic E-state index is 0.216. The molecule has 11 heavy (non-hydrogen) atoms. The Balaban J connectivity index is 2.64. The van der Waals surface area contributed by atoms with Gasteiger partial charge in [0.05, 0.1) is 9.34 Å². The van der Waals surface area contributed by atoms with E-state index in [4.69, 9.17) is 11.6 Å². The van der Waals surface area contributed by atoms with Gasteiger partial charge in [-0.05, 0) is 12.1 Å². The minimum Gasteiger partial charge on any atom is -0.311 e. The van der Waals surface area contributed by atoms with Crippen molar-refractivity contribution in [1.29, 1.82) is 0 Å². The van der Waals surface area contributed by atoms with Gasteiger partial charge in [0.1, 0.15) is 0 Å². The van der Waals surface area contributed by atoms with Crippen molar-refractivity contribution >= 4 is 40.1 Å². The molecule has 1 N–H and O–H groups in total. The Hall–Kier alpha value is -0.870. The molecule has 5 heteroatoms. The number of nitrogens with one attached hydrogen (secondary N) is 1. The molecule has 0 saturated carbocycles. The molecule has 1 rings (SSSR count). The maximum absolute atomic E-state index is 10.5. The second-order valence-electron chi connectivity index (χ2n) is 1.71. The van der Waals surface area contributed by atoms with Crippen LogP contribution in [-0.4, -0.2) is 12.2 Å². The Kier molecular flexibility index (Phi) is 2.62. The standard InChI is InChI=1S/C6H4ClNO2S/c7-4-1-2-6(11-4)8-5(10)3-9/h1-3H,(H,8,10). The molecule has 0 radical (unpaired) electrons. The van der Waals surface area contributed by atoms with E-state index in [0.717, 1.165) is 0 Å². The van der Waals surface area contributed by atoms with Gasteiger partial charge in [0.2, 0.25) is 6.29 Å². The van der Waals surface area contributed by atoms with Crippen LogP contribution in [0.25, 0.3) is 0 Å². The SMILES string of the molecule is O=CC(=O)Nc1ccc(Cl)s1. The summed E-state index contributed by atoms with van der Waals surface area (Å²) in [5.74, 6) is -0.663. The molecule has 1 heterocycles. The van der Waals surface area contributed by atoms with E-state index in [2.05, 4.69) is 5.32 Å². The Bertz CT molecular complexity index is 284. The molecule has 3 nitrogen and oxygen atoms in total. The predicted molar refractivity (Wildman–Crippen MR) is 44.0 cm³/mol. The summed E-state index contributed by atoms with van der Waals surface area (Å²) in [7, 11) is 0. The minimum atomic E-state index is -0.663. The molecule has 0 unspecified atom stereocenters. The molecule has 0 aliphatic heterocycles. The van der Waals surface area contributed by atoms with Gasteiger partial charge in [-0.2, -0.15) is 0 Å². The van der Waals surface area contributed by atoms with Gasteiger partial charge >= 0.3 is 0 Å². The zero-order chi connectivity index (χ0) is 8.27. The number of rotatable bonds is 2. The second-order valence-corrected chi connectivity index (χ2v) is 3.43. The van der Waals surface area contributed by atoms with E-state index in [9.17, 15) is 9.59 Å². The Morgan fingerprint density at radius 1 is 1.64 bits per heavy atom. The van der Waals surface area contributed by atoms with Crippen molar-refractivity contribution in [2.45, 2.75) is 0 Å². The Morgan fingerprint density at radius 2 is 2.36 bits per heavy atom. The van der Waals surface area contributed by atoms with Crippen LogP contribution in [0.15, 0.2) is 12.1 Å². The monoisotopic (exact) mass is 189 g/mol. The first-order valence-electron chi connectivity index (χ1n) is 2.74. The third-order valence-corrected chi connectivity index (χ3v) is 2.07. The quantitative estimate of drug-likeness (QED) is 0.567. The van der Waals surface area contributed by atoms with Gasteiger partial charge < -0.3 is 5.32 Å².